The normalized spacial score (nSPS) is 20.4. The van der Waals surface area contributed by atoms with E-state index >= 15 is 0 Å². The molecule has 0 unspecified atom stereocenters. The van der Waals surface area contributed by atoms with Gasteiger partial charge in [0.25, 0.3) is 0 Å². The van der Waals surface area contributed by atoms with Crippen molar-refractivity contribution in [3.05, 3.63) is 28.8 Å². The Kier molecular flexibility index (Phi) is 7.86. The smallest absolute Gasteiger partial charge is 0.241 e. The Bertz CT molecular complexity index is 728. The van der Waals surface area contributed by atoms with E-state index < -0.39 is 10.0 Å². The summed E-state index contributed by atoms with van der Waals surface area (Å²) in [6.45, 7) is 8.97. The highest BCUT2D eigenvalue weighted by atomic mass is 32.2. The van der Waals surface area contributed by atoms with Gasteiger partial charge < -0.3 is 5.32 Å². The van der Waals surface area contributed by atoms with E-state index in [4.69, 9.17) is 0 Å². The zero-order chi connectivity index (χ0) is 20.0. The minimum absolute atomic E-state index is 0.0799. The van der Waals surface area contributed by atoms with Crippen LogP contribution >= 0.6 is 0 Å². The number of sulfonamides is 1. The van der Waals surface area contributed by atoms with Crippen molar-refractivity contribution in [2.75, 3.05) is 13.1 Å². The van der Waals surface area contributed by atoms with E-state index in [0.717, 1.165) is 61.8 Å². The molecule has 0 radical (unpaired) electrons. The van der Waals surface area contributed by atoms with Gasteiger partial charge in [-0.1, -0.05) is 31.0 Å². The van der Waals surface area contributed by atoms with E-state index in [0.29, 0.717) is 17.4 Å². The quantitative estimate of drug-likeness (QED) is 0.661. The third-order valence-electron chi connectivity index (χ3n) is 5.48. The highest BCUT2D eigenvalue weighted by Gasteiger charge is 2.27. The second-order valence-corrected chi connectivity index (χ2v) is 9.65. The lowest BCUT2D eigenvalue weighted by Gasteiger charge is -2.28. The van der Waals surface area contributed by atoms with E-state index in [1.165, 1.54) is 0 Å². The fourth-order valence-electron chi connectivity index (χ4n) is 4.05. The summed E-state index contributed by atoms with van der Waals surface area (Å²) in [5.41, 5.74) is 2.64. The molecule has 1 saturated carbocycles. The first-order valence-corrected chi connectivity index (χ1v) is 11.6. The number of hydrogen-bond donors (Lipinski definition) is 2. The van der Waals surface area contributed by atoms with Crippen molar-refractivity contribution in [2.24, 2.45) is 11.8 Å². The van der Waals surface area contributed by atoms with Crippen molar-refractivity contribution < 1.29 is 13.2 Å². The molecule has 0 saturated heterocycles. The van der Waals surface area contributed by atoms with Gasteiger partial charge in [-0.2, -0.15) is 0 Å². The van der Waals surface area contributed by atoms with Crippen molar-refractivity contribution >= 4 is 15.9 Å². The van der Waals surface area contributed by atoms with Crippen LogP contribution in [0.5, 0.6) is 0 Å². The summed E-state index contributed by atoms with van der Waals surface area (Å²) in [7, 11) is -3.51. The number of carbonyl (C=O) groups excluding carboxylic acids is 1. The van der Waals surface area contributed by atoms with Crippen molar-refractivity contribution in [3.63, 3.8) is 0 Å². The van der Waals surface area contributed by atoms with E-state index in [2.05, 4.69) is 17.0 Å². The summed E-state index contributed by atoms with van der Waals surface area (Å²) >= 11 is 0. The monoisotopic (exact) mass is 394 g/mol. The predicted octanol–water partition coefficient (Wildman–Crippen LogP) is 3.61. The Labute approximate surface area is 164 Å². The number of unbranched alkanes of at least 4 members (excludes halogenated alkanes) is 1. The molecule has 0 aliphatic heterocycles. The van der Waals surface area contributed by atoms with Crippen molar-refractivity contribution in [3.8, 4) is 0 Å². The van der Waals surface area contributed by atoms with Crippen molar-refractivity contribution in [2.45, 2.75) is 71.1 Å². The van der Waals surface area contributed by atoms with Crippen LogP contribution in [0.2, 0.25) is 0 Å². The number of benzene rings is 1. The highest BCUT2D eigenvalue weighted by Crippen LogP contribution is 2.29. The number of aryl methyl sites for hydroxylation is 3. The third-order valence-corrected chi connectivity index (χ3v) is 7.21. The average molecular weight is 395 g/mol. The number of nitrogens with one attached hydrogen (secondary N) is 2. The Morgan fingerprint density at radius 2 is 1.67 bits per heavy atom. The Morgan fingerprint density at radius 3 is 2.22 bits per heavy atom. The minimum Gasteiger partial charge on any atom is -0.356 e. The van der Waals surface area contributed by atoms with Crippen molar-refractivity contribution in [1.82, 2.24) is 10.0 Å². The molecular weight excluding hydrogens is 360 g/mol. The van der Waals surface area contributed by atoms with Crippen LogP contribution in [0.25, 0.3) is 0 Å². The Hall–Kier alpha value is -1.40. The van der Waals surface area contributed by atoms with Gasteiger partial charge in [-0.25, -0.2) is 13.1 Å². The standard InChI is InChI=1S/C21H34N2O3S/c1-5-6-11-22-21(24)19-9-7-18(8-10-19)14-23-27(25,26)20-16(3)12-15(2)13-17(20)4/h12-13,18-19,23H,5-11,14H2,1-4H3,(H,22,24). The SMILES string of the molecule is CCCCNC(=O)C1CCC(CNS(=O)(=O)c2c(C)cc(C)cc2C)CC1. The molecule has 0 atom stereocenters. The van der Waals surface area contributed by atoms with Gasteiger partial charge in [-0.3, -0.25) is 4.79 Å². The summed E-state index contributed by atoms with van der Waals surface area (Å²) in [6, 6.07) is 3.81. The Morgan fingerprint density at radius 1 is 1.07 bits per heavy atom. The molecule has 1 aromatic rings. The second kappa shape index (κ2) is 9.69. The summed E-state index contributed by atoms with van der Waals surface area (Å²) in [5.74, 6) is 0.537. The number of carbonyl (C=O) groups is 1. The van der Waals surface area contributed by atoms with Crippen LogP contribution in [-0.4, -0.2) is 27.4 Å². The molecule has 1 amide bonds. The van der Waals surface area contributed by atoms with Gasteiger partial charge in [0, 0.05) is 19.0 Å². The molecular formula is C21H34N2O3S. The minimum atomic E-state index is -3.51. The van der Waals surface area contributed by atoms with Gasteiger partial charge in [-0.15, -0.1) is 0 Å². The summed E-state index contributed by atoms with van der Waals surface area (Å²) in [5, 5.41) is 3.01. The third kappa shape index (κ3) is 6.04. The van der Waals surface area contributed by atoms with Crippen LogP contribution in [-0.2, 0) is 14.8 Å². The lowest BCUT2D eigenvalue weighted by atomic mass is 9.81. The molecule has 0 spiro atoms. The fourth-order valence-corrected chi connectivity index (χ4v) is 5.62. The largest absolute Gasteiger partial charge is 0.356 e. The molecule has 2 rings (SSSR count). The van der Waals surface area contributed by atoms with Crippen LogP contribution in [0.4, 0.5) is 0 Å². The number of rotatable bonds is 8. The van der Waals surface area contributed by atoms with Crippen LogP contribution in [0.1, 0.15) is 62.1 Å². The number of amides is 1. The zero-order valence-electron chi connectivity index (χ0n) is 17.1. The van der Waals surface area contributed by atoms with Gasteiger partial charge in [0.2, 0.25) is 15.9 Å². The maximum Gasteiger partial charge on any atom is 0.241 e. The average Bonchev–Trinajstić information content (AvgIpc) is 2.59. The van der Waals surface area contributed by atoms with Gasteiger partial charge in [0.1, 0.15) is 0 Å². The molecule has 152 valence electrons. The maximum atomic E-state index is 12.8. The fraction of sp³-hybridized carbons (Fsp3) is 0.667. The first-order chi connectivity index (χ1) is 12.7. The molecule has 1 aliphatic carbocycles. The van der Waals surface area contributed by atoms with Crippen LogP contribution in [0.3, 0.4) is 0 Å². The molecule has 1 fully saturated rings. The predicted molar refractivity (Wildman–Crippen MR) is 109 cm³/mol. The highest BCUT2D eigenvalue weighted by molar-refractivity contribution is 7.89. The molecule has 0 bridgehead atoms. The Balaban J connectivity index is 1.87. The van der Waals surface area contributed by atoms with Crippen LogP contribution in [0, 0.1) is 32.6 Å². The van der Waals surface area contributed by atoms with Gasteiger partial charge in [-0.05, 0) is 69.9 Å². The van der Waals surface area contributed by atoms with Gasteiger partial charge >= 0.3 is 0 Å². The van der Waals surface area contributed by atoms with Gasteiger partial charge in [0.05, 0.1) is 4.90 Å². The number of hydrogen-bond acceptors (Lipinski definition) is 3. The van der Waals surface area contributed by atoms with Crippen LogP contribution in [0.15, 0.2) is 17.0 Å². The van der Waals surface area contributed by atoms with E-state index in [1.807, 2.05) is 32.9 Å². The molecule has 1 aliphatic rings. The zero-order valence-corrected chi connectivity index (χ0v) is 17.9. The van der Waals surface area contributed by atoms with Crippen molar-refractivity contribution in [1.29, 1.82) is 0 Å². The molecule has 1 aromatic carbocycles. The van der Waals surface area contributed by atoms with E-state index in [-0.39, 0.29) is 11.8 Å². The molecule has 6 heteroatoms. The summed E-state index contributed by atoms with van der Waals surface area (Å²) in [4.78, 5) is 12.6. The lowest BCUT2D eigenvalue weighted by molar-refractivity contribution is -0.126. The molecule has 0 aromatic heterocycles. The molecule has 27 heavy (non-hydrogen) atoms. The first-order valence-electron chi connectivity index (χ1n) is 10.1. The lowest BCUT2D eigenvalue weighted by Crippen LogP contribution is -2.36. The molecule has 5 nitrogen and oxygen atoms in total. The van der Waals surface area contributed by atoms with Gasteiger partial charge in [0.15, 0.2) is 0 Å². The van der Waals surface area contributed by atoms with Crippen LogP contribution < -0.4 is 10.0 Å². The van der Waals surface area contributed by atoms with E-state index in [9.17, 15) is 13.2 Å². The maximum absolute atomic E-state index is 12.8. The second-order valence-electron chi connectivity index (χ2n) is 7.94. The summed E-state index contributed by atoms with van der Waals surface area (Å²) < 4.78 is 28.3. The first kappa shape index (κ1) is 21.9. The molecule has 0 heterocycles. The topological polar surface area (TPSA) is 75.3 Å². The summed E-state index contributed by atoms with van der Waals surface area (Å²) in [6.07, 6.45) is 5.55. The van der Waals surface area contributed by atoms with E-state index in [1.54, 1.807) is 0 Å². The molecule has 2 N–H and O–H groups in total.